The molecule has 0 spiro atoms. The highest BCUT2D eigenvalue weighted by Gasteiger charge is 2.20. The van der Waals surface area contributed by atoms with E-state index < -0.39 is 10.0 Å². The number of hydrogen-bond acceptors (Lipinski definition) is 5. The Bertz CT molecular complexity index is 762. The Morgan fingerprint density at radius 2 is 2.21 bits per heavy atom. The zero-order chi connectivity index (χ0) is 14.0. The van der Waals surface area contributed by atoms with Gasteiger partial charge in [0.05, 0.1) is 22.3 Å². The monoisotopic (exact) mass is 297 g/mol. The molecule has 2 aromatic rings. The van der Waals surface area contributed by atoms with Crippen molar-refractivity contribution in [2.75, 3.05) is 4.72 Å². The number of benzene rings is 1. The van der Waals surface area contributed by atoms with Gasteiger partial charge in [-0.15, -0.1) is 0 Å². The number of nitrogens with zero attached hydrogens (tertiary/aromatic N) is 2. The van der Waals surface area contributed by atoms with Gasteiger partial charge in [0, 0.05) is 0 Å². The van der Waals surface area contributed by atoms with Crippen LogP contribution in [0.15, 0.2) is 33.8 Å². The molecule has 0 unspecified atom stereocenters. The summed E-state index contributed by atoms with van der Waals surface area (Å²) >= 11 is 5.84. The van der Waals surface area contributed by atoms with E-state index in [4.69, 9.17) is 21.3 Å². The van der Waals surface area contributed by atoms with Gasteiger partial charge in [-0.1, -0.05) is 11.6 Å². The van der Waals surface area contributed by atoms with Gasteiger partial charge >= 0.3 is 6.01 Å². The Morgan fingerprint density at radius 1 is 1.47 bits per heavy atom. The summed E-state index contributed by atoms with van der Waals surface area (Å²) in [4.78, 5) is 3.68. The number of halogens is 1. The molecule has 0 aliphatic heterocycles. The Labute approximate surface area is 114 Å². The summed E-state index contributed by atoms with van der Waals surface area (Å²) in [5.74, 6) is 0. The Balaban J connectivity index is 2.37. The predicted molar refractivity (Wildman–Crippen MR) is 68.2 cm³/mol. The van der Waals surface area contributed by atoms with Crippen LogP contribution < -0.4 is 4.72 Å². The highest BCUT2D eigenvalue weighted by atomic mass is 35.5. The van der Waals surface area contributed by atoms with Gasteiger partial charge in [-0.05, 0) is 25.1 Å². The molecule has 0 atom stereocenters. The van der Waals surface area contributed by atoms with Crippen LogP contribution in [0.2, 0.25) is 5.02 Å². The van der Waals surface area contributed by atoms with Gasteiger partial charge in [-0.3, -0.25) is 0 Å². The van der Waals surface area contributed by atoms with Crippen LogP contribution in [0, 0.1) is 18.3 Å². The van der Waals surface area contributed by atoms with Crippen molar-refractivity contribution in [1.82, 2.24) is 4.98 Å². The van der Waals surface area contributed by atoms with E-state index in [1.807, 2.05) is 6.07 Å². The van der Waals surface area contributed by atoms with Gasteiger partial charge in [-0.25, -0.2) is 13.1 Å². The smallest absolute Gasteiger partial charge is 0.309 e. The Kier molecular flexibility index (Phi) is 3.46. The third kappa shape index (κ3) is 2.86. The minimum Gasteiger partial charge on any atom is -0.431 e. The maximum atomic E-state index is 12.1. The minimum atomic E-state index is -3.90. The Morgan fingerprint density at radius 3 is 2.74 bits per heavy atom. The number of nitrogens with one attached hydrogen (secondary N) is 1. The molecule has 8 heteroatoms. The maximum Gasteiger partial charge on any atom is 0.309 e. The van der Waals surface area contributed by atoms with E-state index in [-0.39, 0.29) is 21.5 Å². The van der Waals surface area contributed by atoms with Crippen molar-refractivity contribution in [3.63, 3.8) is 0 Å². The number of anilines is 1. The molecule has 1 aromatic heterocycles. The van der Waals surface area contributed by atoms with Crippen LogP contribution in [0.5, 0.6) is 0 Å². The predicted octanol–water partition coefficient (Wildman–Crippen LogP) is 2.31. The fourth-order valence-electron chi connectivity index (χ4n) is 1.36. The van der Waals surface area contributed by atoms with E-state index in [9.17, 15) is 8.42 Å². The molecule has 0 aliphatic carbocycles. The van der Waals surface area contributed by atoms with Crippen LogP contribution in [0.3, 0.4) is 0 Å². The number of oxazole rings is 1. The van der Waals surface area contributed by atoms with Crippen LogP contribution in [0.4, 0.5) is 6.01 Å². The molecule has 0 radical (unpaired) electrons. The second-order valence-electron chi connectivity index (χ2n) is 3.66. The van der Waals surface area contributed by atoms with Crippen LogP contribution in [0.25, 0.3) is 0 Å². The van der Waals surface area contributed by atoms with Crippen molar-refractivity contribution < 1.29 is 12.8 Å². The van der Waals surface area contributed by atoms with E-state index in [0.717, 1.165) is 0 Å². The lowest BCUT2D eigenvalue weighted by Crippen LogP contribution is -2.13. The van der Waals surface area contributed by atoms with Crippen molar-refractivity contribution in [3.8, 4) is 6.07 Å². The summed E-state index contributed by atoms with van der Waals surface area (Å²) < 4.78 is 31.2. The van der Waals surface area contributed by atoms with Crippen LogP contribution in [-0.2, 0) is 10.0 Å². The maximum absolute atomic E-state index is 12.1. The van der Waals surface area contributed by atoms with Gasteiger partial charge in [0.25, 0.3) is 10.0 Å². The number of aryl methyl sites for hydroxylation is 1. The van der Waals surface area contributed by atoms with Crippen molar-refractivity contribution >= 4 is 27.6 Å². The lowest BCUT2D eigenvalue weighted by atomic mass is 10.2. The van der Waals surface area contributed by atoms with E-state index in [1.54, 1.807) is 6.92 Å². The lowest BCUT2D eigenvalue weighted by Gasteiger charge is -2.06. The third-order valence-corrected chi connectivity index (χ3v) is 3.99. The lowest BCUT2D eigenvalue weighted by molar-refractivity contribution is 0.569. The quantitative estimate of drug-likeness (QED) is 0.937. The fourth-order valence-corrected chi connectivity index (χ4v) is 2.84. The molecule has 1 N–H and O–H groups in total. The second kappa shape index (κ2) is 4.91. The van der Waals surface area contributed by atoms with E-state index in [2.05, 4.69) is 9.71 Å². The second-order valence-corrected chi connectivity index (χ2v) is 5.71. The summed E-state index contributed by atoms with van der Waals surface area (Å²) in [7, 11) is -3.90. The molecule has 19 heavy (non-hydrogen) atoms. The molecule has 98 valence electrons. The highest BCUT2D eigenvalue weighted by molar-refractivity contribution is 7.92. The zero-order valence-corrected chi connectivity index (χ0v) is 11.3. The minimum absolute atomic E-state index is 0.0465. The molecule has 1 heterocycles. The van der Waals surface area contributed by atoms with E-state index >= 15 is 0 Å². The zero-order valence-electron chi connectivity index (χ0n) is 9.71. The summed E-state index contributed by atoms with van der Waals surface area (Å²) in [5, 5.41) is 8.65. The molecule has 1 aromatic carbocycles. The first-order chi connectivity index (χ1) is 8.92. The van der Waals surface area contributed by atoms with Gasteiger partial charge in [0.2, 0.25) is 0 Å². The number of nitriles is 1. The van der Waals surface area contributed by atoms with Crippen molar-refractivity contribution in [3.05, 3.63) is 40.7 Å². The Hall–Kier alpha value is -2.04. The van der Waals surface area contributed by atoms with Gasteiger partial charge in [0.15, 0.2) is 0 Å². The van der Waals surface area contributed by atoms with E-state index in [0.29, 0.717) is 5.69 Å². The number of rotatable bonds is 3. The van der Waals surface area contributed by atoms with E-state index in [1.165, 1.54) is 24.5 Å². The molecule has 0 saturated heterocycles. The molecule has 0 saturated carbocycles. The molecule has 6 nitrogen and oxygen atoms in total. The standard InChI is InChI=1S/C11H8ClN3O3S/c1-7-6-18-11(14-7)15-19(16,17)10-3-2-8(5-13)4-9(10)12/h2-4,6H,1H3,(H,14,15). The molecule has 0 aliphatic rings. The molecule has 0 bridgehead atoms. The molecule has 2 rings (SSSR count). The topological polar surface area (TPSA) is 96.0 Å². The molecular weight excluding hydrogens is 290 g/mol. The SMILES string of the molecule is Cc1coc(NS(=O)(=O)c2ccc(C#N)cc2Cl)n1. The largest absolute Gasteiger partial charge is 0.431 e. The van der Waals surface area contributed by atoms with Crippen molar-refractivity contribution in [2.24, 2.45) is 0 Å². The van der Waals surface area contributed by atoms with Crippen molar-refractivity contribution in [1.29, 1.82) is 5.26 Å². The highest BCUT2D eigenvalue weighted by Crippen LogP contribution is 2.24. The number of hydrogen-bond donors (Lipinski definition) is 1. The normalized spacial score (nSPS) is 11.0. The molecule has 0 fully saturated rings. The summed E-state index contributed by atoms with van der Waals surface area (Å²) in [5.41, 5.74) is 0.819. The average Bonchev–Trinajstić information content (AvgIpc) is 2.73. The van der Waals surface area contributed by atoms with Crippen LogP contribution in [-0.4, -0.2) is 13.4 Å². The third-order valence-electron chi connectivity index (χ3n) is 2.19. The first-order valence-corrected chi connectivity index (χ1v) is 6.93. The fraction of sp³-hybridized carbons (Fsp3) is 0.0909. The first-order valence-electron chi connectivity index (χ1n) is 5.07. The molecular formula is C11H8ClN3O3S. The van der Waals surface area contributed by atoms with Gasteiger partial charge in [-0.2, -0.15) is 10.2 Å². The van der Waals surface area contributed by atoms with Crippen molar-refractivity contribution in [2.45, 2.75) is 11.8 Å². The number of aromatic nitrogens is 1. The van der Waals surface area contributed by atoms with Gasteiger partial charge in [0.1, 0.15) is 11.2 Å². The summed E-state index contributed by atoms with van der Waals surface area (Å²) in [6.45, 7) is 1.66. The summed E-state index contributed by atoms with van der Waals surface area (Å²) in [6, 6.07) is 5.61. The number of sulfonamides is 1. The van der Waals surface area contributed by atoms with Crippen LogP contribution in [0.1, 0.15) is 11.3 Å². The average molecular weight is 298 g/mol. The first kappa shape index (κ1) is 13.4. The summed E-state index contributed by atoms with van der Waals surface area (Å²) in [6.07, 6.45) is 1.32. The van der Waals surface area contributed by atoms with Crippen LogP contribution >= 0.6 is 11.6 Å². The van der Waals surface area contributed by atoms with Gasteiger partial charge < -0.3 is 4.42 Å². The molecule has 0 amide bonds.